The molecule has 0 radical (unpaired) electrons. The fraction of sp³-hybridized carbons (Fsp3) is 0.800. The minimum Gasteiger partial charge on any atom is -0.463 e. The summed E-state index contributed by atoms with van der Waals surface area (Å²) < 4.78 is 11.6. The van der Waals surface area contributed by atoms with Crippen molar-refractivity contribution in [2.24, 2.45) is 34.3 Å². The van der Waals surface area contributed by atoms with Gasteiger partial charge in [-0.05, 0) is 68.1 Å². The average Bonchev–Trinajstić information content (AvgIpc) is 2.97. The van der Waals surface area contributed by atoms with Crippen LogP contribution in [0, 0.1) is 28.6 Å². The predicted molar refractivity (Wildman–Crippen MR) is 118 cm³/mol. The number of nitrogens with two attached hydrogens (primary N) is 1. The van der Waals surface area contributed by atoms with Gasteiger partial charge in [0.1, 0.15) is 12.2 Å². The lowest BCUT2D eigenvalue weighted by molar-refractivity contribution is -0.176. The summed E-state index contributed by atoms with van der Waals surface area (Å²) in [5.74, 6) is -0.147. The Hall–Kier alpha value is -1.85. The highest BCUT2D eigenvalue weighted by atomic mass is 16.5. The third kappa shape index (κ3) is 4.68. The van der Waals surface area contributed by atoms with E-state index in [0.717, 1.165) is 44.9 Å². The standard InChI is InChI=1S/C25H39NO5/c1-15-6-8-20-23(31-17(3)28)21(11-13-24(15,20)4)25(5)12-10-19(30-16(2)27)14-18(25)7-9-22(26)29/h18-21,23H,1,6-14H2,2-5H3,(H2,26,29)/t18-,19-,20-,21-,23-,24+,25-/m0/s1. The molecule has 0 aromatic rings. The van der Waals surface area contributed by atoms with E-state index in [1.54, 1.807) is 0 Å². The number of ether oxygens (including phenoxy) is 2. The summed E-state index contributed by atoms with van der Waals surface area (Å²) >= 11 is 0. The molecule has 3 saturated carbocycles. The van der Waals surface area contributed by atoms with Crippen molar-refractivity contribution in [2.75, 3.05) is 0 Å². The summed E-state index contributed by atoms with van der Waals surface area (Å²) in [5.41, 5.74) is 6.67. The lowest BCUT2D eigenvalue weighted by atomic mass is 9.51. The number of carbonyl (C=O) groups is 3. The zero-order valence-electron chi connectivity index (χ0n) is 19.6. The first kappa shape index (κ1) is 23.8. The molecule has 2 N–H and O–H groups in total. The van der Waals surface area contributed by atoms with E-state index in [9.17, 15) is 14.4 Å². The largest absolute Gasteiger partial charge is 0.463 e. The van der Waals surface area contributed by atoms with Crippen LogP contribution in [0.2, 0.25) is 0 Å². The van der Waals surface area contributed by atoms with Gasteiger partial charge in [-0.15, -0.1) is 0 Å². The van der Waals surface area contributed by atoms with Gasteiger partial charge in [0.25, 0.3) is 0 Å². The summed E-state index contributed by atoms with van der Waals surface area (Å²) in [6.45, 7) is 11.8. The molecule has 3 fully saturated rings. The molecule has 0 aromatic carbocycles. The van der Waals surface area contributed by atoms with Crippen LogP contribution in [0.5, 0.6) is 0 Å². The summed E-state index contributed by atoms with van der Waals surface area (Å²) in [4.78, 5) is 35.3. The molecule has 0 unspecified atom stereocenters. The summed E-state index contributed by atoms with van der Waals surface area (Å²) in [6, 6.07) is 0. The number of hydrogen-bond donors (Lipinski definition) is 1. The Morgan fingerprint density at radius 3 is 2.32 bits per heavy atom. The molecular formula is C25H39NO5. The second-order valence-electron chi connectivity index (χ2n) is 10.6. The van der Waals surface area contributed by atoms with Gasteiger partial charge in [0.15, 0.2) is 0 Å². The van der Waals surface area contributed by atoms with Crippen LogP contribution in [0.3, 0.4) is 0 Å². The van der Waals surface area contributed by atoms with Crippen LogP contribution >= 0.6 is 0 Å². The van der Waals surface area contributed by atoms with Crippen LogP contribution in [0.25, 0.3) is 0 Å². The van der Waals surface area contributed by atoms with Gasteiger partial charge in [0.2, 0.25) is 5.91 Å². The Balaban J connectivity index is 1.91. The normalized spacial score (nSPS) is 40.1. The smallest absolute Gasteiger partial charge is 0.302 e. The minimum atomic E-state index is -0.309. The Kier molecular flexibility index (Phi) is 6.87. The van der Waals surface area contributed by atoms with E-state index < -0.39 is 0 Å². The monoisotopic (exact) mass is 433 g/mol. The number of primary amides is 1. The topological polar surface area (TPSA) is 95.7 Å². The van der Waals surface area contributed by atoms with Crippen LogP contribution in [-0.2, 0) is 23.9 Å². The van der Waals surface area contributed by atoms with Gasteiger partial charge < -0.3 is 15.2 Å². The van der Waals surface area contributed by atoms with Crippen molar-refractivity contribution in [3.63, 3.8) is 0 Å². The molecule has 0 spiro atoms. The number of allylic oxidation sites excluding steroid dienone is 1. The van der Waals surface area contributed by atoms with Gasteiger partial charge in [0, 0.05) is 32.1 Å². The van der Waals surface area contributed by atoms with Crippen molar-refractivity contribution in [2.45, 2.75) is 97.7 Å². The maximum atomic E-state index is 12.1. The van der Waals surface area contributed by atoms with E-state index in [1.165, 1.54) is 19.4 Å². The second-order valence-corrected chi connectivity index (χ2v) is 10.6. The van der Waals surface area contributed by atoms with Crippen LogP contribution in [0.4, 0.5) is 0 Å². The quantitative estimate of drug-likeness (QED) is 0.497. The van der Waals surface area contributed by atoms with E-state index in [4.69, 9.17) is 15.2 Å². The maximum absolute atomic E-state index is 12.1. The number of rotatable bonds is 6. The van der Waals surface area contributed by atoms with Crippen LogP contribution in [0.1, 0.15) is 85.5 Å². The third-order valence-electron chi connectivity index (χ3n) is 8.86. The maximum Gasteiger partial charge on any atom is 0.302 e. The molecule has 174 valence electrons. The highest BCUT2D eigenvalue weighted by molar-refractivity contribution is 5.73. The Bertz CT molecular complexity index is 748. The van der Waals surface area contributed by atoms with Crippen LogP contribution in [-0.4, -0.2) is 30.1 Å². The lowest BCUT2D eigenvalue weighted by Gasteiger charge is -2.56. The van der Waals surface area contributed by atoms with Gasteiger partial charge in [-0.2, -0.15) is 0 Å². The molecular weight excluding hydrogens is 394 g/mol. The molecule has 31 heavy (non-hydrogen) atoms. The van der Waals surface area contributed by atoms with Crippen molar-refractivity contribution >= 4 is 17.8 Å². The predicted octanol–water partition coefficient (Wildman–Crippen LogP) is 4.30. The van der Waals surface area contributed by atoms with E-state index >= 15 is 0 Å². The van der Waals surface area contributed by atoms with Crippen LogP contribution < -0.4 is 5.73 Å². The summed E-state index contributed by atoms with van der Waals surface area (Å²) in [7, 11) is 0. The van der Waals surface area contributed by atoms with Gasteiger partial charge in [-0.25, -0.2) is 0 Å². The molecule has 6 nitrogen and oxygen atoms in total. The number of carbonyl (C=O) groups excluding carboxylic acids is 3. The van der Waals surface area contributed by atoms with E-state index in [-0.39, 0.29) is 58.6 Å². The zero-order chi connectivity index (χ0) is 23.0. The van der Waals surface area contributed by atoms with Gasteiger partial charge in [-0.1, -0.05) is 26.0 Å². The number of fused-ring (bicyclic) bond motifs is 1. The molecule has 1 amide bonds. The molecule has 0 bridgehead atoms. The first-order chi connectivity index (χ1) is 14.5. The average molecular weight is 434 g/mol. The van der Waals surface area contributed by atoms with Crippen molar-refractivity contribution in [3.8, 4) is 0 Å². The fourth-order valence-corrected chi connectivity index (χ4v) is 7.02. The van der Waals surface area contributed by atoms with Crippen molar-refractivity contribution in [3.05, 3.63) is 12.2 Å². The SMILES string of the molecule is C=C1CC[C@H]2[C@H](OC(C)=O)[C@@H]([C@@]3(C)CC[C@H](OC(C)=O)C[C@@H]3CCC(N)=O)CC[C@]12C. The number of hydrogen-bond acceptors (Lipinski definition) is 5. The molecule has 0 aliphatic heterocycles. The molecule has 0 heterocycles. The first-order valence-corrected chi connectivity index (χ1v) is 11.8. The lowest BCUT2D eigenvalue weighted by Crippen LogP contribution is -2.54. The van der Waals surface area contributed by atoms with E-state index in [0.29, 0.717) is 12.8 Å². The molecule has 6 heteroatoms. The number of esters is 2. The third-order valence-corrected chi connectivity index (χ3v) is 8.86. The Labute approximate surface area is 186 Å². The van der Waals surface area contributed by atoms with E-state index in [2.05, 4.69) is 20.4 Å². The Morgan fingerprint density at radius 2 is 1.71 bits per heavy atom. The van der Waals surface area contributed by atoms with Crippen molar-refractivity contribution in [1.82, 2.24) is 0 Å². The molecule has 3 aliphatic rings. The molecule has 0 aromatic heterocycles. The first-order valence-electron chi connectivity index (χ1n) is 11.8. The zero-order valence-corrected chi connectivity index (χ0v) is 19.6. The van der Waals surface area contributed by atoms with Gasteiger partial charge in [-0.3, -0.25) is 14.4 Å². The molecule has 0 saturated heterocycles. The summed E-state index contributed by atoms with van der Waals surface area (Å²) in [5, 5.41) is 0. The highest BCUT2D eigenvalue weighted by Crippen LogP contribution is 2.62. The highest BCUT2D eigenvalue weighted by Gasteiger charge is 2.58. The summed E-state index contributed by atoms with van der Waals surface area (Å²) in [6.07, 6.45) is 7.10. The van der Waals surface area contributed by atoms with Crippen LogP contribution in [0.15, 0.2) is 12.2 Å². The van der Waals surface area contributed by atoms with Crippen molar-refractivity contribution in [1.29, 1.82) is 0 Å². The molecule has 7 atom stereocenters. The second kappa shape index (κ2) is 8.95. The molecule has 3 aliphatic carbocycles. The van der Waals surface area contributed by atoms with Gasteiger partial charge >= 0.3 is 11.9 Å². The van der Waals surface area contributed by atoms with Crippen molar-refractivity contribution < 1.29 is 23.9 Å². The van der Waals surface area contributed by atoms with E-state index in [1.807, 2.05) is 0 Å². The molecule has 3 rings (SSSR count). The van der Waals surface area contributed by atoms with Gasteiger partial charge in [0.05, 0.1) is 0 Å². The fourth-order valence-electron chi connectivity index (χ4n) is 7.02. The Morgan fingerprint density at radius 1 is 1.03 bits per heavy atom. The minimum absolute atomic E-state index is 0.0185. The number of amides is 1.